The lowest BCUT2D eigenvalue weighted by Gasteiger charge is -2.25. The largest absolute Gasteiger partial charge is 0.383 e. The molecular formula is C10H20N4O. The number of hydrogen-bond donors (Lipinski definition) is 1. The Morgan fingerprint density at radius 3 is 2.87 bits per heavy atom. The van der Waals surface area contributed by atoms with Crippen molar-refractivity contribution in [3.8, 4) is 0 Å². The molecule has 1 rings (SSSR count). The molecule has 1 aromatic heterocycles. The average Bonchev–Trinajstić information content (AvgIpc) is 2.63. The van der Waals surface area contributed by atoms with Crippen molar-refractivity contribution in [2.24, 2.45) is 0 Å². The van der Waals surface area contributed by atoms with Crippen LogP contribution in [0.3, 0.4) is 0 Å². The van der Waals surface area contributed by atoms with E-state index in [4.69, 9.17) is 4.74 Å². The Labute approximate surface area is 90.8 Å². The molecule has 1 N–H and O–H groups in total. The zero-order valence-corrected chi connectivity index (χ0v) is 9.95. The zero-order valence-electron chi connectivity index (χ0n) is 9.95. The van der Waals surface area contributed by atoms with Gasteiger partial charge in [-0.1, -0.05) is 6.92 Å². The van der Waals surface area contributed by atoms with Gasteiger partial charge in [-0.15, -0.1) is 10.2 Å². The van der Waals surface area contributed by atoms with E-state index in [2.05, 4.69) is 36.3 Å². The molecule has 0 aliphatic carbocycles. The van der Waals surface area contributed by atoms with Crippen LogP contribution in [0.2, 0.25) is 0 Å². The maximum atomic E-state index is 5.05. The van der Waals surface area contributed by atoms with Crippen molar-refractivity contribution in [3.63, 3.8) is 0 Å². The molecule has 86 valence electrons. The van der Waals surface area contributed by atoms with Gasteiger partial charge in [0.25, 0.3) is 0 Å². The molecule has 0 aliphatic heterocycles. The lowest BCUT2D eigenvalue weighted by Crippen LogP contribution is -2.39. The summed E-state index contributed by atoms with van der Waals surface area (Å²) < 4.78 is 7.07. The van der Waals surface area contributed by atoms with E-state index in [0.29, 0.717) is 6.61 Å². The number of rotatable bonds is 6. The van der Waals surface area contributed by atoms with Gasteiger partial charge in [0.2, 0.25) is 0 Å². The Kier molecular flexibility index (Phi) is 4.23. The van der Waals surface area contributed by atoms with Gasteiger partial charge in [0.05, 0.1) is 12.1 Å². The summed E-state index contributed by atoms with van der Waals surface area (Å²) >= 11 is 0. The van der Waals surface area contributed by atoms with Gasteiger partial charge in [0, 0.05) is 13.7 Å². The number of ether oxygens (including phenoxy) is 1. The molecule has 0 fully saturated rings. The molecular weight excluding hydrogens is 192 g/mol. The third-order valence-electron chi connectivity index (χ3n) is 2.33. The molecule has 0 radical (unpaired) electrons. The smallest absolute Gasteiger partial charge is 0.152 e. The lowest BCUT2D eigenvalue weighted by atomic mass is 10.0. The molecule has 1 aromatic rings. The van der Waals surface area contributed by atoms with Crippen molar-refractivity contribution in [1.29, 1.82) is 0 Å². The first-order valence-corrected chi connectivity index (χ1v) is 5.24. The summed E-state index contributed by atoms with van der Waals surface area (Å²) in [6.07, 6.45) is 1.74. The maximum Gasteiger partial charge on any atom is 0.152 e. The van der Waals surface area contributed by atoms with Crippen LogP contribution < -0.4 is 5.32 Å². The minimum absolute atomic E-state index is 0.154. The number of nitrogens with zero attached hydrogens (tertiary/aromatic N) is 3. The summed E-state index contributed by atoms with van der Waals surface area (Å²) in [5, 5.41) is 11.5. The first-order valence-electron chi connectivity index (χ1n) is 5.24. The van der Waals surface area contributed by atoms with E-state index in [-0.39, 0.29) is 5.54 Å². The second-order valence-electron chi connectivity index (χ2n) is 4.00. The van der Waals surface area contributed by atoms with Gasteiger partial charge < -0.3 is 14.6 Å². The molecule has 0 amide bonds. The van der Waals surface area contributed by atoms with Crippen molar-refractivity contribution < 1.29 is 4.74 Å². The summed E-state index contributed by atoms with van der Waals surface area (Å²) in [5.41, 5.74) is -0.154. The Morgan fingerprint density at radius 1 is 1.53 bits per heavy atom. The summed E-state index contributed by atoms with van der Waals surface area (Å²) in [5.74, 6) is 0.946. The van der Waals surface area contributed by atoms with Gasteiger partial charge in [0.15, 0.2) is 5.82 Å². The summed E-state index contributed by atoms with van der Waals surface area (Å²) in [7, 11) is 1.69. The van der Waals surface area contributed by atoms with E-state index in [1.807, 2.05) is 4.57 Å². The van der Waals surface area contributed by atoms with E-state index >= 15 is 0 Å². The van der Waals surface area contributed by atoms with Gasteiger partial charge in [-0.3, -0.25) is 0 Å². The quantitative estimate of drug-likeness (QED) is 0.756. The molecule has 0 spiro atoms. The topological polar surface area (TPSA) is 52.0 Å². The first kappa shape index (κ1) is 12.1. The van der Waals surface area contributed by atoms with Crippen molar-refractivity contribution in [2.75, 3.05) is 20.3 Å². The van der Waals surface area contributed by atoms with E-state index in [1.54, 1.807) is 13.4 Å². The molecule has 0 bridgehead atoms. The fourth-order valence-electron chi connectivity index (χ4n) is 1.61. The maximum absolute atomic E-state index is 5.05. The molecule has 15 heavy (non-hydrogen) atoms. The predicted octanol–water partition coefficient (Wildman–Crippen LogP) is 0.769. The minimum atomic E-state index is -0.154. The number of aromatic nitrogens is 3. The average molecular weight is 212 g/mol. The highest BCUT2D eigenvalue weighted by Gasteiger charge is 2.24. The monoisotopic (exact) mass is 212 g/mol. The Hall–Kier alpha value is -0.940. The fourth-order valence-corrected chi connectivity index (χ4v) is 1.61. The summed E-state index contributed by atoms with van der Waals surface area (Å²) in [6.45, 7) is 8.65. The van der Waals surface area contributed by atoms with Gasteiger partial charge in [-0.05, 0) is 20.4 Å². The molecule has 0 aromatic carbocycles. The molecule has 5 heteroatoms. The third kappa shape index (κ3) is 3.00. The van der Waals surface area contributed by atoms with Gasteiger partial charge in [0.1, 0.15) is 6.33 Å². The highest BCUT2D eigenvalue weighted by Crippen LogP contribution is 2.16. The Bertz CT molecular complexity index is 295. The Balaban J connectivity index is 2.79. The normalized spacial score (nSPS) is 12.0. The molecule has 0 saturated heterocycles. The third-order valence-corrected chi connectivity index (χ3v) is 2.33. The second-order valence-corrected chi connectivity index (χ2v) is 4.00. The second kappa shape index (κ2) is 5.23. The molecule has 5 nitrogen and oxygen atoms in total. The minimum Gasteiger partial charge on any atom is -0.383 e. The highest BCUT2D eigenvalue weighted by atomic mass is 16.5. The fraction of sp³-hybridized carbons (Fsp3) is 0.800. The molecule has 0 unspecified atom stereocenters. The van der Waals surface area contributed by atoms with Crippen LogP contribution in [0.5, 0.6) is 0 Å². The summed E-state index contributed by atoms with van der Waals surface area (Å²) in [4.78, 5) is 0. The van der Waals surface area contributed by atoms with E-state index in [1.165, 1.54) is 0 Å². The first-order chi connectivity index (χ1) is 7.11. The molecule has 0 aliphatic rings. The van der Waals surface area contributed by atoms with Crippen LogP contribution in [-0.4, -0.2) is 35.0 Å². The SMILES string of the molecule is CCNC(C)(C)c1nncn1CCOC. The van der Waals surface area contributed by atoms with Crippen LogP contribution in [0.4, 0.5) is 0 Å². The van der Waals surface area contributed by atoms with Gasteiger partial charge in [-0.25, -0.2) is 0 Å². The standard InChI is InChI=1S/C10H20N4O/c1-5-11-10(2,3)9-13-12-8-14(9)6-7-15-4/h8,11H,5-7H2,1-4H3. The number of nitrogens with one attached hydrogen (secondary N) is 1. The van der Waals surface area contributed by atoms with Crippen LogP contribution in [0.1, 0.15) is 26.6 Å². The summed E-state index contributed by atoms with van der Waals surface area (Å²) in [6, 6.07) is 0. The van der Waals surface area contributed by atoms with Crippen LogP contribution in [0.15, 0.2) is 6.33 Å². The van der Waals surface area contributed by atoms with Crippen LogP contribution in [0, 0.1) is 0 Å². The number of hydrogen-bond acceptors (Lipinski definition) is 4. The van der Waals surface area contributed by atoms with Crippen molar-refractivity contribution >= 4 is 0 Å². The van der Waals surface area contributed by atoms with E-state index in [0.717, 1.165) is 18.9 Å². The van der Waals surface area contributed by atoms with Crippen molar-refractivity contribution in [2.45, 2.75) is 32.9 Å². The van der Waals surface area contributed by atoms with Crippen LogP contribution in [-0.2, 0) is 16.8 Å². The van der Waals surface area contributed by atoms with Gasteiger partial charge >= 0.3 is 0 Å². The van der Waals surface area contributed by atoms with Gasteiger partial charge in [-0.2, -0.15) is 0 Å². The zero-order chi connectivity index (χ0) is 11.3. The van der Waals surface area contributed by atoms with Crippen molar-refractivity contribution in [1.82, 2.24) is 20.1 Å². The van der Waals surface area contributed by atoms with Crippen molar-refractivity contribution in [3.05, 3.63) is 12.2 Å². The van der Waals surface area contributed by atoms with Crippen LogP contribution in [0.25, 0.3) is 0 Å². The molecule has 0 saturated carbocycles. The Morgan fingerprint density at radius 2 is 2.27 bits per heavy atom. The lowest BCUT2D eigenvalue weighted by molar-refractivity contribution is 0.184. The predicted molar refractivity (Wildman–Crippen MR) is 58.6 cm³/mol. The van der Waals surface area contributed by atoms with E-state index in [9.17, 15) is 0 Å². The highest BCUT2D eigenvalue weighted by molar-refractivity contribution is 5.02. The molecule has 1 heterocycles. The van der Waals surface area contributed by atoms with Crippen LogP contribution >= 0.6 is 0 Å². The number of methoxy groups -OCH3 is 1. The molecule has 0 atom stereocenters. The van der Waals surface area contributed by atoms with E-state index < -0.39 is 0 Å².